The van der Waals surface area contributed by atoms with Gasteiger partial charge in [-0.25, -0.2) is 8.42 Å². The Kier molecular flexibility index (Phi) is 4.13. The molecule has 1 fully saturated rings. The third kappa shape index (κ3) is 3.08. The first-order chi connectivity index (χ1) is 8.93. The molecule has 0 aliphatic carbocycles. The topological polar surface area (TPSA) is 49.9 Å². The highest BCUT2D eigenvalue weighted by Crippen LogP contribution is 2.31. The van der Waals surface area contributed by atoms with Crippen LogP contribution in [0.25, 0.3) is 0 Å². The van der Waals surface area contributed by atoms with Crippen molar-refractivity contribution in [2.45, 2.75) is 6.04 Å². The van der Waals surface area contributed by atoms with Gasteiger partial charge in [-0.15, -0.1) is 0 Å². The van der Waals surface area contributed by atoms with Gasteiger partial charge in [-0.05, 0) is 13.1 Å². The molecule has 2 rings (SSSR count). The van der Waals surface area contributed by atoms with Crippen molar-refractivity contribution in [2.75, 3.05) is 40.0 Å². The first-order valence-electron chi connectivity index (χ1n) is 6.21. The molecule has 1 aliphatic rings. The summed E-state index contributed by atoms with van der Waals surface area (Å²) in [6.07, 6.45) is 1.26. The molecule has 1 aliphatic heterocycles. The van der Waals surface area contributed by atoms with E-state index in [2.05, 4.69) is 4.90 Å². The predicted molar refractivity (Wildman–Crippen MR) is 74.8 cm³/mol. The van der Waals surface area contributed by atoms with Crippen LogP contribution in [0.15, 0.2) is 24.3 Å². The minimum Gasteiger partial charge on any atom is -0.496 e. The Hall–Kier alpha value is -1.11. The maximum Gasteiger partial charge on any atom is 0.211 e. The molecule has 0 bridgehead atoms. The second-order valence-electron chi connectivity index (χ2n) is 4.86. The van der Waals surface area contributed by atoms with Gasteiger partial charge in [0.25, 0.3) is 0 Å². The van der Waals surface area contributed by atoms with Crippen molar-refractivity contribution in [1.82, 2.24) is 9.21 Å². The van der Waals surface area contributed by atoms with Crippen LogP contribution in [-0.2, 0) is 10.0 Å². The second-order valence-corrected chi connectivity index (χ2v) is 6.84. The molecule has 0 aromatic heterocycles. The van der Waals surface area contributed by atoms with Crippen LogP contribution in [0, 0.1) is 0 Å². The van der Waals surface area contributed by atoms with Crippen molar-refractivity contribution in [2.24, 2.45) is 0 Å². The van der Waals surface area contributed by atoms with Crippen molar-refractivity contribution < 1.29 is 13.2 Å². The molecule has 5 nitrogen and oxygen atoms in total. The Morgan fingerprint density at radius 3 is 2.58 bits per heavy atom. The lowest BCUT2D eigenvalue weighted by Crippen LogP contribution is -2.48. The normalized spacial score (nSPS) is 22.4. The summed E-state index contributed by atoms with van der Waals surface area (Å²) in [5.41, 5.74) is 1.03. The molecule has 1 atom stereocenters. The number of sulfonamides is 1. The van der Waals surface area contributed by atoms with Gasteiger partial charge in [-0.3, -0.25) is 4.90 Å². The van der Waals surface area contributed by atoms with E-state index in [9.17, 15) is 8.42 Å². The SMILES string of the molecule is COc1ccccc1[C@@H]1CN(S(C)(=O)=O)CCN1C. The zero-order valence-corrected chi connectivity index (χ0v) is 12.4. The van der Waals surface area contributed by atoms with E-state index in [1.54, 1.807) is 7.11 Å². The maximum absolute atomic E-state index is 11.7. The molecule has 106 valence electrons. The van der Waals surface area contributed by atoms with Gasteiger partial charge >= 0.3 is 0 Å². The highest BCUT2D eigenvalue weighted by Gasteiger charge is 2.31. The standard InChI is InChI=1S/C13H20N2O3S/c1-14-8-9-15(19(3,16)17)10-12(14)11-6-4-5-7-13(11)18-2/h4-7,12H,8-10H2,1-3H3/t12-/m0/s1. The number of methoxy groups -OCH3 is 1. The molecule has 19 heavy (non-hydrogen) atoms. The zero-order chi connectivity index (χ0) is 14.0. The van der Waals surface area contributed by atoms with Gasteiger partial charge in [-0.1, -0.05) is 18.2 Å². The summed E-state index contributed by atoms with van der Waals surface area (Å²) in [6.45, 7) is 1.73. The van der Waals surface area contributed by atoms with Crippen LogP contribution < -0.4 is 4.74 Å². The van der Waals surface area contributed by atoms with E-state index in [1.807, 2.05) is 31.3 Å². The number of hydrogen-bond acceptors (Lipinski definition) is 4. The molecule has 0 amide bonds. The Bertz CT molecular complexity index is 545. The van der Waals surface area contributed by atoms with Crippen molar-refractivity contribution in [3.63, 3.8) is 0 Å². The molecule has 0 N–H and O–H groups in total. The smallest absolute Gasteiger partial charge is 0.211 e. The number of ether oxygens (including phenoxy) is 1. The highest BCUT2D eigenvalue weighted by atomic mass is 32.2. The van der Waals surface area contributed by atoms with Crippen LogP contribution in [0.3, 0.4) is 0 Å². The van der Waals surface area contributed by atoms with Gasteiger partial charge in [0, 0.05) is 25.2 Å². The second kappa shape index (κ2) is 5.48. The highest BCUT2D eigenvalue weighted by molar-refractivity contribution is 7.88. The average Bonchev–Trinajstić information content (AvgIpc) is 2.38. The summed E-state index contributed by atoms with van der Waals surface area (Å²) in [7, 11) is 0.502. The molecule has 1 saturated heterocycles. The van der Waals surface area contributed by atoms with E-state index in [4.69, 9.17) is 4.74 Å². The van der Waals surface area contributed by atoms with Crippen molar-refractivity contribution in [1.29, 1.82) is 0 Å². The van der Waals surface area contributed by atoms with Crippen LogP contribution in [0.5, 0.6) is 5.75 Å². The third-order valence-electron chi connectivity index (χ3n) is 3.58. The summed E-state index contributed by atoms with van der Waals surface area (Å²) >= 11 is 0. The summed E-state index contributed by atoms with van der Waals surface area (Å²) in [6, 6.07) is 7.79. The summed E-state index contributed by atoms with van der Waals surface area (Å²) < 4.78 is 30.3. The summed E-state index contributed by atoms with van der Waals surface area (Å²) in [5.74, 6) is 0.801. The van der Waals surface area contributed by atoms with Gasteiger partial charge in [0.2, 0.25) is 10.0 Å². The first-order valence-corrected chi connectivity index (χ1v) is 8.06. The van der Waals surface area contributed by atoms with Gasteiger partial charge in [0.15, 0.2) is 0 Å². The fourth-order valence-corrected chi connectivity index (χ4v) is 3.25. The number of nitrogens with zero attached hydrogens (tertiary/aromatic N) is 2. The number of piperazine rings is 1. The van der Waals surface area contributed by atoms with Crippen LogP contribution in [-0.4, -0.2) is 57.7 Å². The van der Waals surface area contributed by atoms with Gasteiger partial charge in [-0.2, -0.15) is 4.31 Å². The lowest BCUT2D eigenvalue weighted by molar-refractivity contribution is 0.146. The lowest BCUT2D eigenvalue weighted by atomic mass is 10.0. The van der Waals surface area contributed by atoms with Gasteiger partial charge < -0.3 is 4.74 Å². The minimum absolute atomic E-state index is 0.0274. The molecular formula is C13H20N2O3S. The molecule has 0 radical (unpaired) electrons. The van der Waals surface area contributed by atoms with E-state index in [-0.39, 0.29) is 6.04 Å². The average molecular weight is 284 g/mol. The Morgan fingerprint density at radius 2 is 1.95 bits per heavy atom. The van der Waals surface area contributed by atoms with Crippen LogP contribution in [0.1, 0.15) is 11.6 Å². The Morgan fingerprint density at radius 1 is 1.26 bits per heavy atom. The Balaban J connectivity index is 2.31. The predicted octanol–water partition coefficient (Wildman–Crippen LogP) is 0.943. The fourth-order valence-electron chi connectivity index (χ4n) is 2.43. The molecule has 1 heterocycles. The zero-order valence-electron chi connectivity index (χ0n) is 11.5. The monoisotopic (exact) mass is 284 g/mol. The number of benzene rings is 1. The van der Waals surface area contributed by atoms with Crippen molar-refractivity contribution in [3.8, 4) is 5.75 Å². The Labute approximate surface area is 114 Å². The van der Waals surface area contributed by atoms with E-state index in [0.29, 0.717) is 13.1 Å². The molecule has 6 heteroatoms. The molecule has 1 aromatic carbocycles. The first kappa shape index (κ1) is 14.3. The number of rotatable bonds is 3. The van der Waals surface area contributed by atoms with Crippen molar-refractivity contribution in [3.05, 3.63) is 29.8 Å². The van der Waals surface area contributed by atoms with Crippen LogP contribution >= 0.6 is 0 Å². The largest absolute Gasteiger partial charge is 0.496 e. The summed E-state index contributed by atoms with van der Waals surface area (Å²) in [5, 5.41) is 0. The van der Waals surface area contributed by atoms with E-state index < -0.39 is 10.0 Å². The molecule has 0 saturated carbocycles. The number of hydrogen-bond donors (Lipinski definition) is 0. The van der Waals surface area contributed by atoms with Crippen molar-refractivity contribution >= 4 is 10.0 Å². The minimum atomic E-state index is -3.14. The van der Waals surface area contributed by atoms with E-state index in [0.717, 1.165) is 17.9 Å². The molecular weight excluding hydrogens is 264 g/mol. The molecule has 0 spiro atoms. The number of para-hydroxylation sites is 1. The quantitative estimate of drug-likeness (QED) is 0.829. The van der Waals surface area contributed by atoms with Crippen LogP contribution in [0.4, 0.5) is 0 Å². The summed E-state index contributed by atoms with van der Waals surface area (Å²) in [4.78, 5) is 2.17. The van der Waals surface area contributed by atoms with E-state index >= 15 is 0 Å². The van der Waals surface area contributed by atoms with Gasteiger partial charge in [0.1, 0.15) is 5.75 Å². The van der Waals surface area contributed by atoms with E-state index in [1.165, 1.54) is 10.6 Å². The van der Waals surface area contributed by atoms with Gasteiger partial charge in [0.05, 0.1) is 19.4 Å². The molecule has 0 unspecified atom stereocenters. The molecule has 1 aromatic rings. The van der Waals surface area contributed by atoms with Crippen LogP contribution in [0.2, 0.25) is 0 Å². The number of likely N-dealkylation sites (N-methyl/N-ethyl adjacent to an activating group) is 1. The maximum atomic E-state index is 11.7. The lowest BCUT2D eigenvalue weighted by Gasteiger charge is -2.38. The third-order valence-corrected chi connectivity index (χ3v) is 4.85. The fraction of sp³-hybridized carbons (Fsp3) is 0.538.